The van der Waals surface area contributed by atoms with Crippen molar-refractivity contribution in [2.75, 3.05) is 5.32 Å². The molecule has 3 aromatic rings. The Morgan fingerprint density at radius 3 is 2.60 bits per heavy atom. The van der Waals surface area contributed by atoms with Gasteiger partial charge in [0.2, 0.25) is 0 Å². The van der Waals surface area contributed by atoms with Gasteiger partial charge in [0.1, 0.15) is 23.4 Å². The molecule has 4 nitrogen and oxygen atoms in total. The van der Waals surface area contributed by atoms with E-state index >= 15 is 0 Å². The van der Waals surface area contributed by atoms with Gasteiger partial charge in [0.15, 0.2) is 0 Å². The van der Waals surface area contributed by atoms with Gasteiger partial charge >= 0.3 is 0 Å². The minimum atomic E-state index is 0.0872. The topological polar surface area (TPSA) is 43.4 Å². The Labute approximate surface area is 146 Å². The Kier molecular flexibility index (Phi) is 4.33. The molecule has 0 aliphatic carbocycles. The predicted molar refractivity (Wildman–Crippen MR) is 98.1 cm³/mol. The third-order valence-corrected chi connectivity index (χ3v) is 3.93. The lowest BCUT2D eigenvalue weighted by Crippen LogP contribution is -1.98. The predicted octanol–water partition coefficient (Wildman–Crippen LogP) is 5.59. The zero-order chi connectivity index (χ0) is 16.9. The molecule has 1 unspecified atom stereocenters. The summed E-state index contributed by atoms with van der Waals surface area (Å²) in [7, 11) is 0. The molecule has 4 rings (SSSR count). The van der Waals surface area contributed by atoms with E-state index in [2.05, 4.69) is 10.3 Å². The van der Waals surface area contributed by atoms with E-state index in [1.165, 1.54) is 0 Å². The van der Waals surface area contributed by atoms with Crippen molar-refractivity contribution in [2.45, 2.75) is 12.5 Å². The Hall–Kier alpha value is -3.27. The van der Waals surface area contributed by atoms with Crippen molar-refractivity contribution in [3.63, 3.8) is 0 Å². The monoisotopic (exact) mass is 330 g/mol. The number of nitrogens with zero attached hydrogens (tertiary/aromatic N) is 1. The van der Waals surface area contributed by atoms with Crippen LogP contribution in [0.3, 0.4) is 0 Å². The minimum absolute atomic E-state index is 0.0872. The first-order valence-corrected chi connectivity index (χ1v) is 8.23. The van der Waals surface area contributed by atoms with E-state index in [-0.39, 0.29) is 6.10 Å². The standard InChI is InChI=1S/C21H18N2O2/c1-2-7-18(8-3-1)25-19-9-4-6-17(14-19)23-21-12-11-16(15-22-21)20-10-5-13-24-20/h1-9,11-15,20H,10H2,(H,22,23). The van der Waals surface area contributed by atoms with Gasteiger partial charge in [-0.25, -0.2) is 4.98 Å². The molecule has 25 heavy (non-hydrogen) atoms. The van der Waals surface area contributed by atoms with Gasteiger partial charge in [-0.2, -0.15) is 0 Å². The highest BCUT2D eigenvalue weighted by molar-refractivity contribution is 5.58. The highest BCUT2D eigenvalue weighted by Crippen LogP contribution is 2.28. The number of ether oxygens (including phenoxy) is 2. The van der Waals surface area contributed by atoms with E-state index in [9.17, 15) is 0 Å². The summed E-state index contributed by atoms with van der Waals surface area (Å²) in [5, 5.41) is 3.30. The summed E-state index contributed by atoms with van der Waals surface area (Å²) < 4.78 is 11.4. The normalized spacial score (nSPS) is 15.6. The van der Waals surface area contributed by atoms with Crippen LogP contribution in [0.4, 0.5) is 11.5 Å². The number of para-hydroxylation sites is 1. The molecule has 0 spiro atoms. The molecule has 0 bridgehead atoms. The van der Waals surface area contributed by atoms with Gasteiger partial charge in [-0.05, 0) is 36.4 Å². The number of rotatable bonds is 5. The lowest BCUT2D eigenvalue weighted by atomic mass is 10.1. The Morgan fingerprint density at radius 2 is 1.84 bits per heavy atom. The molecule has 1 aliphatic rings. The molecule has 4 heteroatoms. The van der Waals surface area contributed by atoms with Crippen molar-refractivity contribution < 1.29 is 9.47 Å². The maximum atomic E-state index is 5.86. The fourth-order valence-corrected chi connectivity index (χ4v) is 2.68. The molecular weight excluding hydrogens is 312 g/mol. The number of nitrogens with one attached hydrogen (secondary N) is 1. The first kappa shape index (κ1) is 15.3. The zero-order valence-corrected chi connectivity index (χ0v) is 13.6. The molecule has 1 aliphatic heterocycles. The second-order valence-electron chi connectivity index (χ2n) is 5.78. The Bertz CT molecular complexity index is 853. The van der Waals surface area contributed by atoms with Gasteiger partial charge in [0.25, 0.3) is 0 Å². The van der Waals surface area contributed by atoms with Crippen LogP contribution in [0.15, 0.2) is 85.3 Å². The van der Waals surface area contributed by atoms with Crippen LogP contribution in [0.5, 0.6) is 11.5 Å². The zero-order valence-electron chi connectivity index (χ0n) is 13.6. The van der Waals surface area contributed by atoms with E-state index in [0.717, 1.165) is 35.0 Å². The Balaban J connectivity index is 1.44. The van der Waals surface area contributed by atoms with Crippen LogP contribution in [0.2, 0.25) is 0 Å². The summed E-state index contributed by atoms with van der Waals surface area (Å²) >= 11 is 0. The summed E-state index contributed by atoms with van der Waals surface area (Å²) in [6.45, 7) is 0. The highest BCUT2D eigenvalue weighted by Gasteiger charge is 2.14. The van der Waals surface area contributed by atoms with Gasteiger partial charge in [-0.3, -0.25) is 0 Å². The third-order valence-electron chi connectivity index (χ3n) is 3.93. The van der Waals surface area contributed by atoms with Gasteiger partial charge < -0.3 is 14.8 Å². The van der Waals surface area contributed by atoms with Crippen molar-refractivity contribution in [3.8, 4) is 11.5 Å². The van der Waals surface area contributed by atoms with E-state index in [0.29, 0.717) is 0 Å². The first-order valence-electron chi connectivity index (χ1n) is 8.23. The van der Waals surface area contributed by atoms with Gasteiger partial charge in [0, 0.05) is 29.9 Å². The van der Waals surface area contributed by atoms with Crippen LogP contribution in [0.1, 0.15) is 18.1 Å². The molecule has 0 saturated heterocycles. The first-order chi connectivity index (χ1) is 12.4. The minimum Gasteiger partial charge on any atom is -0.493 e. The fraction of sp³-hybridized carbons (Fsp3) is 0.0952. The van der Waals surface area contributed by atoms with E-state index in [1.807, 2.05) is 79.0 Å². The summed E-state index contributed by atoms with van der Waals surface area (Å²) in [6.07, 6.45) is 6.60. The second-order valence-corrected chi connectivity index (χ2v) is 5.78. The number of aromatic nitrogens is 1. The molecule has 2 aromatic carbocycles. The van der Waals surface area contributed by atoms with Crippen LogP contribution in [0.25, 0.3) is 0 Å². The maximum absolute atomic E-state index is 5.86. The second kappa shape index (κ2) is 7.09. The molecule has 1 N–H and O–H groups in total. The van der Waals surface area contributed by atoms with Crippen LogP contribution in [0, 0.1) is 0 Å². The molecule has 2 heterocycles. The number of pyridine rings is 1. The van der Waals surface area contributed by atoms with Crippen LogP contribution < -0.4 is 10.1 Å². The SMILES string of the molecule is C1=COC(c2ccc(Nc3cccc(Oc4ccccc4)c3)nc2)C1. The van der Waals surface area contributed by atoms with Crippen LogP contribution in [-0.2, 0) is 4.74 Å². The molecule has 0 saturated carbocycles. The van der Waals surface area contributed by atoms with Crippen molar-refractivity contribution >= 4 is 11.5 Å². The summed E-state index contributed by atoms with van der Waals surface area (Å²) in [4.78, 5) is 4.47. The molecule has 0 fully saturated rings. The fourth-order valence-electron chi connectivity index (χ4n) is 2.68. The molecule has 124 valence electrons. The van der Waals surface area contributed by atoms with Crippen molar-refractivity contribution in [1.82, 2.24) is 4.98 Å². The molecule has 1 atom stereocenters. The molecule has 0 radical (unpaired) electrons. The van der Waals surface area contributed by atoms with E-state index in [1.54, 1.807) is 6.26 Å². The number of hydrogen-bond donors (Lipinski definition) is 1. The number of benzene rings is 2. The van der Waals surface area contributed by atoms with Gasteiger partial charge in [-0.15, -0.1) is 0 Å². The molecule has 1 aromatic heterocycles. The van der Waals surface area contributed by atoms with E-state index < -0.39 is 0 Å². The largest absolute Gasteiger partial charge is 0.493 e. The van der Waals surface area contributed by atoms with Crippen LogP contribution in [-0.4, -0.2) is 4.98 Å². The summed E-state index contributed by atoms with van der Waals surface area (Å²) in [5.74, 6) is 2.37. The number of anilines is 2. The van der Waals surface area contributed by atoms with Crippen molar-refractivity contribution in [1.29, 1.82) is 0 Å². The molecular formula is C21H18N2O2. The lowest BCUT2D eigenvalue weighted by molar-refractivity contribution is 0.173. The van der Waals surface area contributed by atoms with E-state index in [4.69, 9.17) is 9.47 Å². The van der Waals surface area contributed by atoms with Gasteiger partial charge in [0.05, 0.1) is 6.26 Å². The quantitative estimate of drug-likeness (QED) is 0.662. The lowest BCUT2D eigenvalue weighted by Gasteiger charge is -2.12. The Morgan fingerprint density at radius 1 is 0.960 bits per heavy atom. The maximum Gasteiger partial charge on any atom is 0.130 e. The van der Waals surface area contributed by atoms with Crippen molar-refractivity contribution in [3.05, 3.63) is 90.8 Å². The average Bonchev–Trinajstić information content (AvgIpc) is 3.18. The number of hydrogen-bond acceptors (Lipinski definition) is 4. The van der Waals surface area contributed by atoms with Gasteiger partial charge in [-0.1, -0.05) is 30.3 Å². The van der Waals surface area contributed by atoms with Crippen LogP contribution >= 0.6 is 0 Å². The highest BCUT2D eigenvalue weighted by atomic mass is 16.5. The third kappa shape index (κ3) is 3.80. The van der Waals surface area contributed by atoms with Crippen molar-refractivity contribution in [2.24, 2.45) is 0 Å². The molecule has 0 amide bonds. The summed E-state index contributed by atoms with van der Waals surface area (Å²) in [6, 6.07) is 21.5. The smallest absolute Gasteiger partial charge is 0.130 e. The summed E-state index contributed by atoms with van der Waals surface area (Å²) in [5.41, 5.74) is 2.00. The average molecular weight is 330 g/mol.